The van der Waals surface area contributed by atoms with E-state index >= 15 is 0 Å². The molecule has 0 radical (unpaired) electrons. The topological polar surface area (TPSA) is 88.8 Å². The SMILES string of the molecule is CCOCCCNC(=S)N/N=C\c1ccc(Cl)c([N+](=O)[O-])c1. The van der Waals surface area contributed by atoms with Crippen LogP contribution in [0.25, 0.3) is 0 Å². The van der Waals surface area contributed by atoms with Crippen LogP contribution >= 0.6 is 23.8 Å². The van der Waals surface area contributed by atoms with Gasteiger partial charge in [0, 0.05) is 31.4 Å². The maximum absolute atomic E-state index is 10.8. The van der Waals surface area contributed by atoms with Gasteiger partial charge in [-0.1, -0.05) is 17.7 Å². The van der Waals surface area contributed by atoms with Crippen molar-refractivity contribution in [2.24, 2.45) is 5.10 Å². The molecule has 0 aliphatic rings. The molecule has 0 fully saturated rings. The Morgan fingerprint density at radius 3 is 3.05 bits per heavy atom. The van der Waals surface area contributed by atoms with E-state index < -0.39 is 4.92 Å². The second kappa shape index (κ2) is 10.0. The molecule has 120 valence electrons. The normalized spacial score (nSPS) is 10.6. The van der Waals surface area contributed by atoms with E-state index in [2.05, 4.69) is 15.8 Å². The molecule has 9 heteroatoms. The number of hydrazone groups is 1. The number of nitrogens with zero attached hydrogens (tertiary/aromatic N) is 2. The van der Waals surface area contributed by atoms with Crippen LogP contribution in [0.15, 0.2) is 23.3 Å². The first-order valence-electron chi connectivity index (χ1n) is 6.63. The van der Waals surface area contributed by atoms with Gasteiger partial charge in [0.05, 0.1) is 11.1 Å². The fraction of sp³-hybridized carbons (Fsp3) is 0.385. The lowest BCUT2D eigenvalue weighted by Crippen LogP contribution is -2.33. The van der Waals surface area contributed by atoms with Crippen LogP contribution in [0.3, 0.4) is 0 Å². The van der Waals surface area contributed by atoms with Crippen LogP contribution in [-0.2, 0) is 4.74 Å². The van der Waals surface area contributed by atoms with Crippen LogP contribution < -0.4 is 10.7 Å². The second-order valence-corrected chi connectivity index (χ2v) is 4.96. The molecule has 0 spiro atoms. The third-order valence-electron chi connectivity index (χ3n) is 2.50. The number of hydrogen-bond donors (Lipinski definition) is 2. The first-order chi connectivity index (χ1) is 10.5. The summed E-state index contributed by atoms with van der Waals surface area (Å²) < 4.78 is 5.20. The lowest BCUT2D eigenvalue weighted by molar-refractivity contribution is -0.384. The predicted octanol–water partition coefficient (Wildman–Crippen LogP) is 2.47. The fourth-order valence-electron chi connectivity index (χ4n) is 1.48. The molecule has 0 aliphatic heterocycles. The van der Waals surface area contributed by atoms with Crippen molar-refractivity contribution < 1.29 is 9.66 Å². The van der Waals surface area contributed by atoms with Gasteiger partial charge in [0.1, 0.15) is 5.02 Å². The summed E-state index contributed by atoms with van der Waals surface area (Å²) in [6.45, 7) is 3.98. The Labute approximate surface area is 138 Å². The van der Waals surface area contributed by atoms with Gasteiger partial charge in [-0.3, -0.25) is 15.5 Å². The Kier molecular flexibility index (Phi) is 8.34. The molecule has 0 saturated heterocycles. The van der Waals surface area contributed by atoms with E-state index in [1.54, 1.807) is 6.07 Å². The van der Waals surface area contributed by atoms with E-state index in [-0.39, 0.29) is 10.7 Å². The molecule has 0 unspecified atom stereocenters. The van der Waals surface area contributed by atoms with E-state index in [1.807, 2.05) is 6.92 Å². The molecule has 0 amide bonds. The number of hydrogen-bond acceptors (Lipinski definition) is 5. The zero-order valence-electron chi connectivity index (χ0n) is 12.0. The van der Waals surface area contributed by atoms with Gasteiger partial charge >= 0.3 is 0 Å². The number of benzene rings is 1. The number of nitrogens with one attached hydrogen (secondary N) is 2. The highest BCUT2D eigenvalue weighted by Crippen LogP contribution is 2.24. The number of rotatable bonds is 8. The molecule has 0 atom stereocenters. The monoisotopic (exact) mass is 344 g/mol. The maximum Gasteiger partial charge on any atom is 0.288 e. The van der Waals surface area contributed by atoms with E-state index in [1.165, 1.54) is 18.3 Å². The number of thiocarbonyl (C=S) groups is 1. The molecule has 0 bridgehead atoms. The zero-order chi connectivity index (χ0) is 16.4. The van der Waals surface area contributed by atoms with Crippen molar-refractivity contribution in [3.05, 3.63) is 38.9 Å². The minimum absolute atomic E-state index is 0.0848. The summed E-state index contributed by atoms with van der Waals surface area (Å²) in [6, 6.07) is 4.41. The van der Waals surface area contributed by atoms with Crippen LogP contribution in [-0.4, -0.2) is 36.0 Å². The van der Waals surface area contributed by atoms with Gasteiger partial charge in [0.25, 0.3) is 5.69 Å². The molecule has 1 aromatic rings. The first kappa shape index (κ1) is 18.3. The minimum Gasteiger partial charge on any atom is -0.382 e. The Morgan fingerprint density at radius 1 is 1.59 bits per heavy atom. The Hall–Kier alpha value is -1.77. The van der Waals surface area contributed by atoms with Crippen molar-refractivity contribution in [3.8, 4) is 0 Å². The highest BCUT2D eigenvalue weighted by Gasteiger charge is 2.11. The van der Waals surface area contributed by atoms with Gasteiger partial charge in [-0.25, -0.2) is 0 Å². The first-order valence-corrected chi connectivity index (χ1v) is 7.41. The van der Waals surface area contributed by atoms with Gasteiger partial charge < -0.3 is 10.1 Å². The average Bonchev–Trinajstić information content (AvgIpc) is 2.48. The molecule has 1 aromatic carbocycles. The molecule has 1 rings (SSSR count). The number of nitro benzene ring substituents is 1. The molecular weight excluding hydrogens is 328 g/mol. The third-order valence-corrected chi connectivity index (χ3v) is 3.06. The fourth-order valence-corrected chi connectivity index (χ4v) is 1.82. The summed E-state index contributed by atoms with van der Waals surface area (Å²) in [5.74, 6) is 0. The van der Waals surface area contributed by atoms with Gasteiger partial charge in [0.2, 0.25) is 0 Å². The molecule has 0 saturated carbocycles. The van der Waals surface area contributed by atoms with E-state index in [0.717, 1.165) is 6.42 Å². The van der Waals surface area contributed by atoms with Crippen molar-refractivity contribution in [1.82, 2.24) is 10.7 Å². The molecule has 22 heavy (non-hydrogen) atoms. The van der Waals surface area contributed by atoms with Crippen molar-refractivity contribution in [3.63, 3.8) is 0 Å². The van der Waals surface area contributed by atoms with Crippen LogP contribution in [0.1, 0.15) is 18.9 Å². The Bertz CT molecular complexity index is 554. The number of ether oxygens (including phenoxy) is 1. The Balaban J connectivity index is 2.40. The van der Waals surface area contributed by atoms with Gasteiger partial charge in [-0.05, 0) is 31.6 Å². The van der Waals surface area contributed by atoms with Gasteiger partial charge in [-0.15, -0.1) is 0 Å². The van der Waals surface area contributed by atoms with Crippen LogP contribution in [0.2, 0.25) is 5.02 Å². The van der Waals surface area contributed by atoms with E-state index in [0.29, 0.717) is 30.4 Å². The lowest BCUT2D eigenvalue weighted by Gasteiger charge is -2.06. The summed E-state index contributed by atoms with van der Waals surface area (Å²) in [4.78, 5) is 10.2. The second-order valence-electron chi connectivity index (χ2n) is 4.14. The summed E-state index contributed by atoms with van der Waals surface area (Å²) in [5.41, 5.74) is 3.01. The Morgan fingerprint density at radius 2 is 2.36 bits per heavy atom. The van der Waals surface area contributed by atoms with Crippen LogP contribution in [0, 0.1) is 10.1 Å². The molecule has 0 aromatic heterocycles. The summed E-state index contributed by atoms with van der Waals surface area (Å²) >= 11 is 10.8. The summed E-state index contributed by atoms with van der Waals surface area (Å²) in [7, 11) is 0. The zero-order valence-corrected chi connectivity index (χ0v) is 13.6. The van der Waals surface area contributed by atoms with Crippen LogP contribution in [0.5, 0.6) is 0 Å². The molecule has 0 heterocycles. The van der Waals surface area contributed by atoms with Crippen molar-refractivity contribution in [2.75, 3.05) is 19.8 Å². The molecular formula is C13H17ClN4O3S. The van der Waals surface area contributed by atoms with Gasteiger partial charge in [-0.2, -0.15) is 5.10 Å². The molecule has 7 nitrogen and oxygen atoms in total. The smallest absolute Gasteiger partial charge is 0.288 e. The largest absolute Gasteiger partial charge is 0.382 e. The lowest BCUT2D eigenvalue weighted by atomic mass is 10.2. The molecule has 2 N–H and O–H groups in total. The average molecular weight is 345 g/mol. The highest BCUT2D eigenvalue weighted by atomic mass is 35.5. The van der Waals surface area contributed by atoms with Crippen molar-refractivity contribution in [1.29, 1.82) is 0 Å². The van der Waals surface area contributed by atoms with E-state index in [4.69, 9.17) is 28.6 Å². The summed E-state index contributed by atoms with van der Waals surface area (Å²) in [5, 5.41) is 18.1. The maximum atomic E-state index is 10.8. The number of halogens is 1. The molecule has 0 aliphatic carbocycles. The van der Waals surface area contributed by atoms with Crippen LogP contribution in [0.4, 0.5) is 5.69 Å². The highest BCUT2D eigenvalue weighted by molar-refractivity contribution is 7.80. The quantitative estimate of drug-likeness (QED) is 0.247. The van der Waals surface area contributed by atoms with Crippen molar-refractivity contribution in [2.45, 2.75) is 13.3 Å². The third kappa shape index (κ3) is 6.79. The van der Waals surface area contributed by atoms with E-state index in [9.17, 15) is 10.1 Å². The van der Waals surface area contributed by atoms with Gasteiger partial charge in [0.15, 0.2) is 5.11 Å². The van der Waals surface area contributed by atoms with Crippen molar-refractivity contribution >= 4 is 40.8 Å². The predicted molar refractivity (Wildman–Crippen MR) is 90.5 cm³/mol. The standard InChI is InChI=1S/C13H17ClN4O3S/c1-2-21-7-3-6-15-13(22)17-16-9-10-4-5-11(14)12(8-10)18(19)20/h4-5,8-9H,2-3,6-7H2,1H3,(H2,15,17,22)/b16-9-. The minimum atomic E-state index is -0.544. The summed E-state index contributed by atoms with van der Waals surface area (Å²) in [6.07, 6.45) is 2.26. The number of nitro groups is 1.